The molecule has 5 heteroatoms. The van der Waals surface area contributed by atoms with Gasteiger partial charge in [0.25, 0.3) is 0 Å². The molecule has 2 rings (SSSR count). The number of hydrogen-bond donors (Lipinski definition) is 1. The highest BCUT2D eigenvalue weighted by molar-refractivity contribution is 5.88. The van der Waals surface area contributed by atoms with Crippen LogP contribution in [0.4, 0.5) is 5.69 Å². The summed E-state index contributed by atoms with van der Waals surface area (Å²) in [6.07, 6.45) is 0. The molecule has 0 aromatic heterocycles. The molecule has 0 atom stereocenters. The van der Waals surface area contributed by atoms with Crippen LogP contribution in [0.25, 0.3) is 0 Å². The maximum Gasteiger partial charge on any atom is 0.335 e. The van der Waals surface area contributed by atoms with E-state index in [1.807, 2.05) is 4.90 Å². The van der Waals surface area contributed by atoms with Crippen LogP contribution < -0.4 is 4.90 Å². The number of nitrogens with zero attached hydrogens (tertiary/aromatic N) is 2. The van der Waals surface area contributed by atoms with Crippen molar-refractivity contribution < 1.29 is 14.7 Å². The van der Waals surface area contributed by atoms with Gasteiger partial charge in [-0.3, -0.25) is 4.79 Å². The predicted octanol–water partition coefficient (Wildman–Crippen LogP) is 0.663. The number of anilines is 1. The highest BCUT2D eigenvalue weighted by Gasteiger charge is 2.21. The molecule has 90 valence electrons. The van der Waals surface area contributed by atoms with Crippen LogP contribution >= 0.6 is 0 Å². The number of likely N-dealkylation sites (N-methyl/N-ethyl adjacent to an activating group) is 1. The van der Waals surface area contributed by atoms with Crippen molar-refractivity contribution in [3.63, 3.8) is 0 Å². The molecule has 1 aliphatic heterocycles. The Kier molecular flexibility index (Phi) is 2.99. The van der Waals surface area contributed by atoms with Crippen LogP contribution in [-0.4, -0.2) is 48.6 Å². The first-order valence-corrected chi connectivity index (χ1v) is 5.40. The third-order valence-electron chi connectivity index (χ3n) is 2.94. The average Bonchev–Trinajstić information content (AvgIpc) is 2.33. The highest BCUT2D eigenvalue weighted by Crippen LogP contribution is 2.17. The first-order chi connectivity index (χ1) is 8.08. The molecule has 1 aromatic rings. The van der Waals surface area contributed by atoms with E-state index in [0.29, 0.717) is 13.1 Å². The van der Waals surface area contributed by atoms with E-state index in [9.17, 15) is 9.59 Å². The van der Waals surface area contributed by atoms with E-state index in [-0.39, 0.29) is 11.5 Å². The third-order valence-corrected chi connectivity index (χ3v) is 2.94. The smallest absolute Gasteiger partial charge is 0.335 e. The van der Waals surface area contributed by atoms with Crippen LogP contribution in [0.2, 0.25) is 0 Å². The van der Waals surface area contributed by atoms with Gasteiger partial charge in [-0.1, -0.05) is 0 Å². The summed E-state index contributed by atoms with van der Waals surface area (Å²) in [4.78, 5) is 25.9. The molecule has 0 bridgehead atoms. The van der Waals surface area contributed by atoms with Crippen molar-refractivity contribution >= 4 is 17.6 Å². The van der Waals surface area contributed by atoms with Gasteiger partial charge in [-0.05, 0) is 24.3 Å². The summed E-state index contributed by atoms with van der Waals surface area (Å²) in [5.41, 5.74) is 1.14. The lowest BCUT2D eigenvalue weighted by atomic mass is 10.2. The summed E-state index contributed by atoms with van der Waals surface area (Å²) in [5, 5.41) is 8.79. The zero-order valence-corrected chi connectivity index (χ0v) is 9.59. The number of carboxylic acid groups (broad SMARTS) is 1. The number of carboxylic acids is 1. The van der Waals surface area contributed by atoms with Gasteiger partial charge in [0, 0.05) is 25.8 Å². The summed E-state index contributed by atoms with van der Waals surface area (Å²) >= 11 is 0. The van der Waals surface area contributed by atoms with Crippen molar-refractivity contribution in [1.29, 1.82) is 0 Å². The molecule has 1 aliphatic rings. The van der Waals surface area contributed by atoms with Gasteiger partial charge >= 0.3 is 5.97 Å². The molecule has 1 N–H and O–H groups in total. The van der Waals surface area contributed by atoms with Gasteiger partial charge in [-0.15, -0.1) is 0 Å². The Labute approximate surface area is 99.3 Å². The van der Waals surface area contributed by atoms with Crippen LogP contribution in [0.15, 0.2) is 24.3 Å². The molecule has 0 radical (unpaired) electrons. The molecule has 5 nitrogen and oxygen atoms in total. The summed E-state index contributed by atoms with van der Waals surface area (Å²) < 4.78 is 0. The Hall–Kier alpha value is -2.04. The number of amides is 1. The fourth-order valence-electron chi connectivity index (χ4n) is 1.79. The van der Waals surface area contributed by atoms with Crippen LogP contribution in [-0.2, 0) is 4.79 Å². The maximum atomic E-state index is 11.5. The minimum atomic E-state index is -0.939. The minimum absolute atomic E-state index is 0.0820. The fraction of sp³-hybridized carbons (Fsp3) is 0.333. The summed E-state index contributed by atoms with van der Waals surface area (Å²) in [7, 11) is 1.78. The Balaban J connectivity index is 2.13. The molecule has 1 aromatic carbocycles. The first kappa shape index (κ1) is 11.4. The van der Waals surface area contributed by atoms with Crippen LogP contribution in [0.1, 0.15) is 10.4 Å². The lowest BCUT2D eigenvalue weighted by molar-refractivity contribution is -0.129. The Morgan fingerprint density at radius 2 is 1.88 bits per heavy atom. The number of piperazine rings is 1. The molecule has 1 fully saturated rings. The average molecular weight is 234 g/mol. The van der Waals surface area contributed by atoms with Gasteiger partial charge < -0.3 is 14.9 Å². The molecule has 0 spiro atoms. The van der Waals surface area contributed by atoms with Gasteiger partial charge in [0.1, 0.15) is 0 Å². The van der Waals surface area contributed by atoms with Gasteiger partial charge in [0.15, 0.2) is 0 Å². The van der Waals surface area contributed by atoms with Gasteiger partial charge in [0.05, 0.1) is 12.1 Å². The second kappa shape index (κ2) is 4.45. The predicted molar refractivity (Wildman–Crippen MR) is 63.3 cm³/mol. The monoisotopic (exact) mass is 234 g/mol. The van der Waals surface area contributed by atoms with Crippen molar-refractivity contribution in [2.75, 3.05) is 31.6 Å². The zero-order chi connectivity index (χ0) is 12.4. The minimum Gasteiger partial charge on any atom is -0.478 e. The van der Waals surface area contributed by atoms with Crippen molar-refractivity contribution in [3.05, 3.63) is 29.8 Å². The zero-order valence-electron chi connectivity index (χ0n) is 9.59. The molecule has 1 amide bonds. The van der Waals surface area contributed by atoms with Crippen molar-refractivity contribution in [2.45, 2.75) is 0 Å². The number of carbonyl (C=O) groups is 2. The van der Waals surface area contributed by atoms with Crippen LogP contribution in [0.5, 0.6) is 0 Å². The SMILES string of the molecule is CN1CCN(c2ccc(C(=O)O)cc2)CC1=O. The van der Waals surface area contributed by atoms with E-state index in [0.717, 1.165) is 12.2 Å². The number of benzene rings is 1. The molecule has 0 saturated carbocycles. The second-order valence-corrected chi connectivity index (χ2v) is 4.09. The lowest BCUT2D eigenvalue weighted by Crippen LogP contribution is -2.48. The normalized spacial score (nSPS) is 16.2. The number of hydrogen-bond acceptors (Lipinski definition) is 3. The number of carbonyl (C=O) groups excluding carboxylic acids is 1. The largest absolute Gasteiger partial charge is 0.478 e. The molecular weight excluding hydrogens is 220 g/mol. The van der Waals surface area contributed by atoms with Crippen molar-refractivity contribution in [2.24, 2.45) is 0 Å². The first-order valence-electron chi connectivity index (χ1n) is 5.40. The van der Waals surface area contributed by atoms with Crippen molar-refractivity contribution in [1.82, 2.24) is 4.90 Å². The standard InChI is InChI=1S/C12H14N2O3/c1-13-6-7-14(8-11(13)15)10-4-2-9(3-5-10)12(16)17/h2-5H,6-8H2,1H3,(H,16,17). The summed E-state index contributed by atoms with van der Waals surface area (Å²) in [5.74, 6) is -0.857. The number of aromatic carboxylic acids is 1. The van der Waals surface area contributed by atoms with Gasteiger partial charge in [0.2, 0.25) is 5.91 Å². The van der Waals surface area contributed by atoms with E-state index in [2.05, 4.69) is 0 Å². The van der Waals surface area contributed by atoms with E-state index in [1.165, 1.54) is 0 Å². The van der Waals surface area contributed by atoms with E-state index in [1.54, 1.807) is 36.2 Å². The Morgan fingerprint density at radius 3 is 2.41 bits per heavy atom. The Morgan fingerprint density at radius 1 is 1.24 bits per heavy atom. The molecule has 1 heterocycles. The lowest BCUT2D eigenvalue weighted by Gasteiger charge is -2.33. The maximum absolute atomic E-state index is 11.5. The molecule has 0 unspecified atom stereocenters. The summed E-state index contributed by atoms with van der Waals surface area (Å²) in [6, 6.07) is 6.59. The highest BCUT2D eigenvalue weighted by atomic mass is 16.4. The van der Waals surface area contributed by atoms with Crippen LogP contribution in [0.3, 0.4) is 0 Å². The fourth-order valence-corrected chi connectivity index (χ4v) is 1.79. The van der Waals surface area contributed by atoms with Crippen LogP contribution in [0, 0.1) is 0 Å². The van der Waals surface area contributed by atoms with Crippen molar-refractivity contribution in [3.8, 4) is 0 Å². The quantitative estimate of drug-likeness (QED) is 0.816. The van der Waals surface area contributed by atoms with Gasteiger partial charge in [-0.25, -0.2) is 4.79 Å². The van der Waals surface area contributed by atoms with E-state index < -0.39 is 5.97 Å². The molecule has 1 saturated heterocycles. The topological polar surface area (TPSA) is 60.9 Å². The molecular formula is C12H14N2O3. The van der Waals surface area contributed by atoms with E-state index in [4.69, 9.17) is 5.11 Å². The molecule has 0 aliphatic carbocycles. The second-order valence-electron chi connectivity index (χ2n) is 4.09. The third kappa shape index (κ3) is 2.38. The Bertz CT molecular complexity index is 442. The number of rotatable bonds is 2. The summed E-state index contributed by atoms with van der Waals surface area (Å²) in [6.45, 7) is 1.82. The molecule has 17 heavy (non-hydrogen) atoms. The van der Waals surface area contributed by atoms with Gasteiger partial charge in [-0.2, -0.15) is 0 Å². The van der Waals surface area contributed by atoms with E-state index >= 15 is 0 Å².